The third-order valence-corrected chi connectivity index (χ3v) is 14.1. The largest absolute Gasteiger partial charge is 0.462 e. The van der Waals surface area contributed by atoms with Crippen molar-refractivity contribution in [2.45, 2.75) is 329 Å². The van der Waals surface area contributed by atoms with Gasteiger partial charge in [0.15, 0.2) is 6.10 Å². The number of esters is 3. The molecule has 6 heteroatoms. The molecule has 438 valence electrons. The Labute approximate surface area is 471 Å². The lowest BCUT2D eigenvalue weighted by Crippen LogP contribution is -2.30. The summed E-state index contributed by atoms with van der Waals surface area (Å²) in [6.07, 6.45) is 84.8. The number of carbonyl (C=O) groups is 3. The molecule has 0 aromatic heterocycles. The van der Waals surface area contributed by atoms with Gasteiger partial charge >= 0.3 is 17.9 Å². The number of unbranched alkanes of at least 4 members (excludes halogenated alkanes) is 34. The Balaban J connectivity index is 4.27. The van der Waals surface area contributed by atoms with Gasteiger partial charge in [0.2, 0.25) is 0 Å². The first-order chi connectivity index (χ1) is 37.5. The van der Waals surface area contributed by atoms with Crippen molar-refractivity contribution in [1.82, 2.24) is 0 Å². The second-order valence-corrected chi connectivity index (χ2v) is 21.6. The summed E-state index contributed by atoms with van der Waals surface area (Å²) in [5, 5.41) is 0. The van der Waals surface area contributed by atoms with Gasteiger partial charge < -0.3 is 14.2 Å². The normalized spacial score (nSPS) is 12.6. The fourth-order valence-electron chi connectivity index (χ4n) is 9.28. The van der Waals surface area contributed by atoms with Crippen LogP contribution in [0.5, 0.6) is 0 Å². The average Bonchev–Trinajstić information content (AvgIpc) is 3.42. The first kappa shape index (κ1) is 72.6. The standard InChI is InChI=1S/C70H122O6/c1-4-7-10-13-16-19-22-25-27-29-30-31-32-33-34-35-36-37-38-39-41-42-45-48-51-54-57-60-63-69(72)75-66-67(65-74-68(71)62-59-56-53-50-47-44-24-21-18-15-12-9-6-3)76-70(73)64-61-58-55-52-49-46-43-40-28-26-23-20-17-14-11-8-5-2/h8,11-12,15,17,20-21,24,26,28,43,46,52,55,67H,4-7,9-10,13-14,16,18-19,22-23,25,27,29-42,44-45,47-51,53-54,56-66H2,1-3H3/b11-8-,15-12-,20-17-,24-21-,28-26-,46-43-,55-52-. The van der Waals surface area contributed by atoms with Gasteiger partial charge in [-0.15, -0.1) is 0 Å². The van der Waals surface area contributed by atoms with Gasteiger partial charge in [-0.05, 0) is 83.5 Å². The maximum Gasteiger partial charge on any atom is 0.306 e. The van der Waals surface area contributed by atoms with Crippen LogP contribution < -0.4 is 0 Å². The van der Waals surface area contributed by atoms with Crippen LogP contribution in [-0.2, 0) is 28.6 Å². The Morgan fingerprint density at radius 1 is 0.276 bits per heavy atom. The molecule has 0 bridgehead atoms. The molecule has 0 aromatic rings. The summed E-state index contributed by atoms with van der Waals surface area (Å²) >= 11 is 0. The van der Waals surface area contributed by atoms with Crippen LogP contribution in [-0.4, -0.2) is 37.2 Å². The van der Waals surface area contributed by atoms with Crippen LogP contribution in [0.15, 0.2) is 85.1 Å². The zero-order valence-corrected chi connectivity index (χ0v) is 50.3. The zero-order chi connectivity index (χ0) is 55.0. The average molecular weight is 1060 g/mol. The van der Waals surface area contributed by atoms with Crippen molar-refractivity contribution in [2.75, 3.05) is 13.2 Å². The number of hydrogen-bond donors (Lipinski definition) is 0. The summed E-state index contributed by atoms with van der Waals surface area (Å²) < 4.78 is 16.8. The van der Waals surface area contributed by atoms with Gasteiger partial charge in [0.05, 0.1) is 0 Å². The van der Waals surface area contributed by atoms with Gasteiger partial charge in [0.1, 0.15) is 13.2 Å². The van der Waals surface area contributed by atoms with Gasteiger partial charge in [-0.2, -0.15) is 0 Å². The number of rotatable bonds is 59. The van der Waals surface area contributed by atoms with Crippen LogP contribution in [0.25, 0.3) is 0 Å². The highest BCUT2D eigenvalue weighted by Crippen LogP contribution is 2.17. The van der Waals surface area contributed by atoms with Gasteiger partial charge in [0, 0.05) is 19.3 Å². The molecule has 0 rings (SSSR count). The molecule has 0 fully saturated rings. The summed E-state index contributed by atoms with van der Waals surface area (Å²) in [7, 11) is 0. The van der Waals surface area contributed by atoms with Gasteiger partial charge in [-0.3, -0.25) is 14.4 Å². The molecule has 0 amide bonds. The Morgan fingerprint density at radius 3 is 0.895 bits per heavy atom. The van der Waals surface area contributed by atoms with Crippen molar-refractivity contribution in [3.8, 4) is 0 Å². The van der Waals surface area contributed by atoms with E-state index in [2.05, 4.69) is 106 Å². The lowest BCUT2D eigenvalue weighted by molar-refractivity contribution is -0.167. The minimum atomic E-state index is -0.812. The molecule has 0 spiro atoms. The first-order valence-electron chi connectivity index (χ1n) is 32.6. The third-order valence-electron chi connectivity index (χ3n) is 14.1. The number of ether oxygens (including phenoxy) is 3. The van der Waals surface area contributed by atoms with E-state index >= 15 is 0 Å². The van der Waals surface area contributed by atoms with Crippen LogP contribution in [0.3, 0.4) is 0 Å². The van der Waals surface area contributed by atoms with Crippen molar-refractivity contribution in [3.63, 3.8) is 0 Å². The van der Waals surface area contributed by atoms with E-state index in [1.807, 2.05) is 0 Å². The summed E-state index contributed by atoms with van der Waals surface area (Å²) in [6, 6.07) is 0. The Hall–Kier alpha value is -3.41. The molecule has 6 nitrogen and oxygen atoms in total. The highest BCUT2D eigenvalue weighted by molar-refractivity contribution is 5.71. The van der Waals surface area contributed by atoms with E-state index < -0.39 is 6.10 Å². The zero-order valence-electron chi connectivity index (χ0n) is 50.3. The number of allylic oxidation sites excluding steroid dienone is 14. The van der Waals surface area contributed by atoms with Crippen molar-refractivity contribution in [3.05, 3.63) is 85.1 Å². The SMILES string of the molecule is CC/C=C\C/C=C\C/C=C\C/C=C\C/C=C\CCCC(=O)OC(COC(=O)CCCCCCC/C=C\C/C=C\CCC)COC(=O)CCCCCCCCCCCCCCCCCCCCCCCCCCCCCC. The van der Waals surface area contributed by atoms with Gasteiger partial charge in [-0.1, -0.05) is 305 Å². The van der Waals surface area contributed by atoms with E-state index in [0.29, 0.717) is 19.3 Å². The summed E-state index contributed by atoms with van der Waals surface area (Å²) in [6.45, 7) is 6.44. The molecule has 0 N–H and O–H groups in total. The second-order valence-electron chi connectivity index (χ2n) is 21.6. The molecular formula is C70H122O6. The lowest BCUT2D eigenvalue weighted by atomic mass is 10.0. The van der Waals surface area contributed by atoms with E-state index in [4.69, 9.17) is 14.2 Å². The van der Waals surface area contributed by atoms with E-state index in [1.54, 1.807) is 0 Å². The van der Waals surface area contributed by atoms with Gasteiger partial charge in [-0.25, -0.2) is 0 Å². The van der Waals surface area contributed by atoms with Crippen LogP contribution in [0.2, 0.25) is 0 Å². The first-order valence-corrected chi connectivity index (χ1v) is 32.6. The van der Waals surface area contributed by atoms with Crippen molar-refractivity contribution in [1.29, 1.82) is 0 Å². The van der Waals surface area contributed by atoms with Crippen LogP contribution in [0, 0.1) is 0 Å². The van der Waals surface area contributed by atoms with Crippen molar-refractivity contribution >= 4 is 17.9 Å². The van der Waals surface area contributed by atoms with Crippen LogP contribution in [0.4, 0.5) is 0 Å². The van der Waals surface area contributed by atoms with Crippen molar-refractivity contribution in [2.24, 2.45) is 0 Å². The Bertz CT molecular complexity index is 1450. The molecule has 0 saturated heterocycles. The summed E-state index contributed by atoms with van der Waals surface area (Å²) in [4.78, 5) is 38.2. The highest BCUT2D eigenvalue weighted by atomic mass is 16.6. The Morgan fingerprint density at radius 2 is 0.553 bits per heavy atom. The molecular weight excluding hydrogens is 937 g/mol. The quantitative estimate of drug-likeness (QED) is 0.0261. The third kappa shape index (κ3) is 61.4. The van der Waals surface area contributed by atoms with E-state index in [-0.39, 0.29) is 37.5 Å². The minimum Gasteiger partial charge on any atom is -0.462 e. The summed E-state index contributed by atoms with van der Waals surface area (Å²) in [5.74, 6) is -0.964. The predicted molar refractivity (Wildman–Crippen MR) is 330 cm³/mol. The highest BCUT2D eigenvalue weighted by Gasteiger charge is 2.19. The molecule has 0 radical (unpaired) electrons. The minimum absolute atomic E-state index is 0.102. The van der Waals surface area contributed by atoms with Crippen molar-refractivity contribution < 1.29 is 28.6 Å². The molecule has 0 saturated carbocycles. The molecule has 1 unspecified atom stereocenters. The lowest BCUT2D eigenvalue weighted by Gasteiger charge is -2.18. The van der Waals surface area contributed by atoms with Crippen LogP contribution in [0.1, 0.15) is 323 Å². The molecule has 0 aromatic carbocycles. The molecule has 0 aliphatic rings. The Kier molecular flexibility index (Phi) is 61.2. The van der Waals surface area contributed by atoms with E-state index in [0.717, 1.165) is 109 Å². The number of hydrogen-bond acceptors (Lipinski definition) is 6. The molecule has 76 heavy (non-hydrogen) atoms. The second kappa shape index (κ2) is 64.1. The topological polar surface area (TPSA) is 78.9 Å². The van der Waals surface area contributed by atoms with Gasteiger partial charge in [0.25, 0.3) is 0 Å². The monoisotopic (exact) mass is 1060 g/mol. The molecule has 0 aliphatic heterocycles. The van der Waals surface area contributed by atoms with E-state index in [1.165, 1.54) is 167 Å². The molecule has 0 aliphatic carbocycles. The fraction of sp³-hybridized carbons (Fsp3) is 0.757. The van der Waals surface area contributed by atoms with Crippen LogP contribution >= 0.6 is 0 Å². The predicted octanol–water partition coefficient (Wildman–Crippen LogP) is 22.3. The molecule has 0 heterocycles. The molecule has 1 atom stereocenters. The summed E-state index contributed by atoms with van der Waals surface area (Å²) in [5.41, 5.74) is 0. The smallest absolute Gasteiger partial charge is 0.306 e. The maximum absolute atomic E-state index is 12.9. The van der Waals surface area contributed by atoms with E-state index in [9.17, 15) is 14.4 Å². The number of carbonyl (C=O) groups excluding carboxylic acids is 3. The fourth-order valence-corrected chi connectivity index (χ4v) is 9.28. The maximum atomic E-state index is 12.9.